The average Bonchev–Trinajstić information content (AvgIpc) is 2.64. The van der Waals surface area contributed by atoms with Crippen molar-refractivity contribution in [3.05, 3.63) is 29.8 Å². The van der Waals surface area contributed by atoms with Crippen LogP contribution in [0.2, 0.25) is 0 Å². The van der Waals surface area contributed by atoms with Crippen molar-refractivity contribution in [2.24, 2.45) is 5.92 Å². The van der Waals surface area contributed by atoms with E-state index in [1.807, 2.05) is 23.9 Å². The molecular weight excluding hydrogens is 324 g/mol. The Morgan fingerprint density at radius 1 is 1.21 bits per heavy atom. The molecule has 4 nitrogen and oxygen atoms in total. The van der Waals surface area contributed by atoms with Crippen LogP contribution in [0.15, 0.2) is 24.3 Å². The zero-order chi connectivity index (χ0) is 17.4. The summed E-state index contributed by atoms with van der Waals surface area (Å²) in [7, 11) is 1.33. The van der Waals surface area contributed by atoms with Crippen LogP contribution in [0.5, 0.6) is 5.75 Å². The Hall–Kier alpha value is -1.49. The van der Waals surface area contributed by atoms with Crippen LogP contribution in [0.4, 0.5) is 0 Å². The lowest BCUT2D eigenvalue weighted by Gasteiger charge is -2.24. The van der Waals surface area contributed by atoms with Gasteiger partial charge in [0, 0.05) is 5.92 Å². The van der Waals surface area contributed by atoms with Crippen LogP contribution in [-0.2, 0) is 14.3 Å². The molecule has 1 unspecified atom stereocenters. The van der Waals surface area contributed by atoms with E-state index in [1.54, 1.807) is 12.1 Å². The molecule has 0 bridgehead atoms. The third-order valence-electron chi connectivity index (χ3n) is 4.33. The summed E-state index contributed by atoms with van der Waals surface area (Å²) in [5.74, 6) is 1.36. The smallest absolute Gasteiger partial charge is 0.320 e. The zero-order valence-corrected chi connectivity index (χ0v) is 15.3. The molecule has 1 atom stereocenters. The highest BCUT2D eigenvalue weighted by Gasteiger charge is 2.35. The first-order valence-electron chi connectivity index (χ1n) is 8.59. The number of hydrogen-bond acceptors (Lipinski definition) is 5. The van der Waals surface area contributed by atoms with Crippen molar-refractivity contribution in [1.29, 1.82) is 0 Å². The summed E-state index contributed by atoms with van der Waals surface area (Å²) in [6.07, 6.45) is 3.77. The first-order chi connectivity index (χ1) is 11.7. The molecule has 0 aliphatic carbocycles. The molecule has 0 aromatic heterocycles. The minimum absolute atomic E-state index is 0.0122. The van der Waals surface area contributed by atoms with Crippen LogP contribution in [0.3, 0.4) is 0 Å². The lowest BCUT2D eigenvalue weighted by atomic mass is 9.84. The van der Waals surface area contributed by atoms with E-state index in [0.29, 0.717) is 12.2 Å². The van der Waals surface area contributed by atoms with E-state index in [0.717, 1.165) is 42.9 Å². The van der Waals surface area contributed by atoms with Crippen molar-refractivity contribution < 1.29 is 19.1 Å². The van der Waals surface area contributed by atoms with Gasteiger partial charge in [-0.2, -0.15) is 11.8 Å². The molecule has 1 saturated heterocycles. The lowest BCUT2D eigenvalue weighted by molar-refractivity contribution is -0.146. The Morgan fingerprint density at radius 3 is 2.46 bits per heavy atom. The van der Waals surface area contributed by atoms with Crippen LogP contribution in [0.1, 0.15) is 44.1 Å². The van der Waals surface area contributed by atoms with Gasteiger partial charge in [-0.05, 0) is 48.5 Å². The first-order valence-corrected chi connectivity index (χ1v) is 9.75. The number of unbranched alkanes of at least 4 members (excludes halogenated alkanes) is 1. The van der Waals surface area contributed by atoms with Crippen LogP contribution in [-0.4, -0.2) is 37.0 Å². The fraction of sp³-hybridized carbons (Fsp3) is 0.579. The van der Waals surface area contributed by atoms with Gasteiger partial charge in [0.05, 0.1) is 13.7 Å². The Morgan fingerprint density at radius 2 is 1.88 bits per heavy atom. The second-order valence-corrected chi connectivity index (χ2v) is 7.24. The highest BCUT2D eigenvalue weighted by atomic mass is 32.2. The fourth-order valence-corrected chi connectivity index (χ4v) is 3.95. The average molecular weight is 350 g/mol. The second-order valence-electron chi connectivity index (χ2n) is 6.02. The molecule has 1 aliphatic rings. The largest absolute Gasteiger partial charge is 0.494 e. The van der Waals surface area contributed by atoms with Gasteiger partial charge >= 0.3 is 5.97 Å². The Kier molecular flexibility index (Phi) is 7.63. The van der Waals surface area contributed by atoms with Gasteiger partial charge in [0.25, 0.3) is 0 Å². The number of carbonyl (C=O) groups is 2. The number of rotatable bonds is 8. The first kappa shape index (κ1) is 18.8. The molecule has 24 heavy (non-hydrogen) atoms. The number of ketones is 1. The summed E-state index contributed by atoms with van der Waals surface area (Å²) in [6.45, 7) is 2.79. The second kappa shape index (κ2) is 9.72. The van der Waals surface area contributed by atoms with Crippen LogP contribution in [0.25, 0.3) is 0 Å². The van der Waals surface area contributed by atoms with Crippen LogP contribution < -0.4 is 4.74 Å². The van der Waals surface area contributed by atoms with Crippen molar-refractivity contribution in [1.82, 2.24) is 0 Å². The number of benzene rings is 1. The number of carbonyl (C=O) groups excluding carboxylic acids is 2. The third-order valence-corrected chi connectivity index (χ3v) is 5.37. The molecule has 0 amide bonds. The van der Waals surface area contributed by atoms with Gasteiger partial charge in [-0.25, -0.2) is 0 Å². The maximum atomic E-state index is 12.9. The van der Waals surface area contributed by atoms with Gasteiger partial charge in [-0.15, -0.1) is 0 Å². The number of thioether (sulfide) groups is 1. The van der Waals surface area contributed by atoms with Gasteiger partial charge in [0.1, 0.15) is 11.7 Å². The molecule has 132 valence electrons. The van der Waals surface area contributed by atoms with E-state index in [2.05, 4.69) is 6.92 Å². The summed E-state index contributed by atoms with van der Waals surface area (Å²) in [4.78, 5) is 25.1. The van der Waals surface area contributed by atoms with Crippen LogP contribution in [0, 0.1) is 5.92 Å². The monoisotopic (exact) mass is 350 g/mol. The maximum absolute atomic E-state index is 12.9. The standard InChI is InChI=1S/C19H26O4S/c1-3-4-11-23-16-7-5-14(6-8-16)17(19(21)22-2)18(20)15-9-12-24-13-10-15/h5-8,15,17H,3-4,9-13H2,1-2H3. The third kappa shape index (κ3) is 5.00. The molecule has 0 spiro atoms. The lowest BCUT2D eigenvalue weighted by Crippen LogP contribution is -2.31. The van der Waals surface area contributed by atoms with Crippen molar-refractivity contribution in [3.8, 4) is 5.75 Å². The topological polar surface area (TPSA) is 52.6 Å². The molecule has 0 radical (unpaired) electrons. The van der Waals surface area contributed by atoms with Gasteiger partial charge in [-0.1, -0.05) is 25.5 Å². The summed E-state index contributed by atoms with van der Waals surface area (Å²) in [5.41, 5.74) is 0.688. The van der Waals surface area contributed by atoms with Gasteiger partial charge in [0.2, 0.25) is 0 Å². The Balaban J connectivity index is 2.12. The van der Waals surface area contributed by atoms with E-state index < -0.39 is 11.9 Å². The molecule has 1 heterocycles. The van der Waals surface area contributed by atoms with Crippen molar-refractivity contribution >= 4 is 23.5 Å². The van der Waals surface area contributed by atoms with E-state index in [-0.39, 0.29) is 11.7 Å². The van der Waals surface area contributed by atoms with Gasteiger partial charge in [-0.3, -0.25) is 9.59 Å². The van der Waals surface area contributed by atoms with Gasteiger partial charge in [0.15, 0.2) is 5.78 Å². The fourth-order valence-electron chi connectivity index (χ4n) is 2.84. The molecule has 1 aliphatic heterocycles. The highest BCUT2D eigenvalue weighted by molar-refractivity contribution is 7.99. The van der Waals surface area contributed by atoms with E-state index in [9.17, 15) is 9.59 Å². The van der Waals surface area contributed by atoms with Gasteiger partial charge < -0.3 is 9.47 Å². The Labute approximate surface area is 148 Å². The number of esters is 1. The number of hydrogen-bond donors (Lipinski definition) is 0. The number of methoxy groups -OCH3 is 1. The van der Waals surface area contributed by atoms with Crippen molar-refractivity contribution in [2.45, 2.75) is 38.5 Å². The SMILES string of the molecule is CCCCOc1ccc(C(C(=O)OC)C(=O)C2CCSCC2)cc1. The molecule has 1 aromatic carbocycles. The predicted octanol–water partition coefficient (Wildman–Crippen LogP) is 3.83. The summed E-state index contributed by atoms with van der Waals surface area (Å²) in [5, 5.41) is 0. The van der Waals surface area contributed by atoms with Crippen molar-refractivity contribution in [3.63, 3.8) is 0 Å². The van der Waals surface area contributed by atoms with E-state index >= 15 is 0 Å². The predicted molar refractivity (Wildman–Crippen MR) is 96.7 cm³/mol. The quantitative estimate of drug-likeness (QED) is 0.405. The van der Waals surface area contributed by atoms with E-state index in [4.69, 9.17) is 9.47 Å². The highest BCUT2D eigenvalue weighted by Crippen LogP contribution is 2.31. The maximum Gasteiger partial charge on any atom is 0.320 e. The molecule has 2 rings (SSSR count). The molecule has 0 saturated carbocycles. The molecule has 1 fully saturated rings. The van der Waals surface area contributed by atoms with E-state index in [1.165, 1.54) is 7.11 Å². The van der Waals surface area contributed by atoms with Crippen molar-refractivity contribution in [2.75, 3.05) is 25.2 Å². The molecule has 1 aromatic rings. The normalized spacial score (nSPS) is 16.4. The molecular formula is C19H26O4S. The zero-order valence-electron chi connectivity index (χ0n) is 14.5. The van der Waals surface area contributed by atoms with Crippen LogP contribution >= 0.6 is 11.8 Å². The number of ether oxygens (including phenoxy) is 2. The number of Topliss-reactive ketones (excluding diaryl/α,β-unsaturated/α-hetero) is 1. The minimum atomic E-state index is -0.826. The Bertz CT molecular complexity index is 535. The molecule has 5 heteroatoms. The minimum Gasteiger partial charge on any atom is -0.494 e. The summed E-state index contributed by atoms with van der Waals surface area (Å²) >= 11 is 1.86. The summed E-state index contributed by atoms with van der Waals surface area (Å²) in [6, 6.07) is 7.26. The summed E-state index contributed by atoms with van der Waals surface area (Å²) < 4.78 is 10.5. The molecule has 0 N–H and O–H groups in total.